The van der Waals surface area contributed by atoms with Crippen molar-refractivity contribution in [3.05, 3.63) is 12.4 Å². The third-order valence-corrected chi connectivity index (χ3v) is 2.48. The van der Waals surface area contributed by atoms with Crippen LogP contribution in [0.25, 0.3) is 0 Å². The zero-order chi connectivity index (χ0) is 14.6. The van der Waals surface area contributed by atoms with E-state index < -0.39 is 0 Å². The second-order valence-electron chi connectivity index (χ2n) is 4.24. The van der Waals surface area contributed by atoms with Crippen LogP contribution < -0.4 is 16.0 Å². The quantitative estimate of drug-likeness (QED) is 0.551. The molecule has 0 aliphatic carbocycles. The maximum atomic E-state index is 11.5. The van der Waals surface area contributed by atoms with Crippen molar-refractivity contribution in [3.63, 3.8) is 0 Å². The first-order chi connectivity index (χ1) is 9.76. The van der Waals surface area contributed by atoms with Gasteiger partial charge in [-0.2, -0.15) is 0 Å². The topological polar surface area (TPSA) is 88.2 Å². The van der Waals surface area contributed by atoms with E-state index in [4.69, 9.17) is 4.74 Å². The number of hydrogen-bond acceptors (Lipinski definition) is 6. The lowest BCUT2D eigenvalue weighted by Gasteiger charge is -2.08. The summed E-state index contributed by atoms with van der Waals surface area (Å²) in [4.78, 5) is 19.9. The fourth-order valence-corrected chi connectivity index (χ4v) is 1.47. The summed E-state index contributed by atoms with van der Waals surface area (Å²) >= 11 is 0. The van der Waals surface area contributed by atoms with Crippen molar-refractivity contribution in [3.8, 4) is 0 Å². The highest BCUT2D eigenvalue weighted by Gasteiger charge is 2.01. The van der Waals surface area contributed by atoms with E-state index >= 15 is 0 Å². The van der Waals surface area contributed by atoms with Crippen molar-refractivity contribution in [2.24, 2.45) is 0 Å². The van der Waals surface area contributed by atoms with Gasteiger partial charge in [-0.3, -0.25) is 9.78 Å². The van der Waals surface area contributed by atoms with Gasteiger partial charge >= 0.3 is 0 Å². The number of ether oxygens (including phenoxy) is 1. The number of carbonyl (C=O) groups excluding carboxylic acids is 1. The summed E-state index contributed by atoms with van der Waals surface area (Å²) in [5.41, 5.74) is 0. The van der Waals surface area contributed by atoms with Gasteiger partial charge in [-0.1, -0.05) is 6.92 Å². The van der Waals surface area contributed by atoms with Gasteiger partial charge in [0.05, 0.1) is 19.0 Å². The summed E-state index contributed by atoms with van der Waals surface area (Å²) in [6.07, 6.45) is 4.73. The molecule has 0 spiro atoms. The van der Waals surface area contributed by atoms with Gasteiger partial charge in [0.25, 0.3) is 0 Å². The molecule has 0 aromatic carbocycles. The monoisotopic (exact) mass is 281 g/mol. The lowest BCUT2D eigenvalue weighted by Crippen LogP contribution is -2.28. The highest BCUT2D eigenvalue weighted by molar-refractivity contribution is 5.76. The van der Waals surface area contributed by atoms with Gasteiger partial charge in [0.1, 0.15) is 11.6 Å². The molecule has 0 atom stereocenters. The third kappa shape index (κ3) is 6.89. The molecule has 1 heterocycles. The Morgan fingerprint density at radius 2 is 1.90 bits per heavy atom. The first kappa shape index (κ1) is 16.2. The fourth-order valence-electron chi connectivity index (χ4n) is 1.47. The SMILES string of the molecule is CCCNc1cncc(NCCC(=O)NCCOC)n1. The van der Waals surface area contributed by atoms with Gasteiger partial charge in [0.15, 0.2) is 0 Å². The van der Waals surface area contributed by atoms with Crippen LogP contribution in [0.15, 0.2) is 12.4 Å². The van der Waals surface area contributed by atoms with Crippen molar-refractivity contribution in [1.82, 2.24) is 15.3 Å². The number of rotatable bonds is 10. The van der Waals surface area contributed by atoms with Crippen LogP contribution >= 0.6 is 0 Å². The standard InChI is InChI=1S/C13H23N5O2/c1-3-5-15-11-9-14-10-12(18-11)16-6-4-13(19)17-7-8-20-2/h9-10H,3-8H2,1-2H3,(H,17,19)(H2,15,16,18). The van der Waals surface area contributed by atoms with Gasteiger partial charge in [-0.25, -0.2) is 4.98 Å². The zero-order valence-corrected chi connectivity index (χ0v) is 12.1. The molecule has 7 heteroatoms. The molecule has 0 aliphatic heterocycles. The molecule has 7 nitrogen and oxygen atoms in total. The Morgan fingerprint density at radius 1 is 1.20 bits per heavy atom. The van der Waals surface area contributed by atoms with Crippen LogP contribution in [0.2, 0.25) is 0 Å². The minimum atomic E-state index is -0.0113. The number of carbonyl (C=O) groups is 1. The summed E-state index contributed by atoms with van der Waals surface area (Å²) in [7, 11) is 1.60. The zero-order valence-electron chi connectivity index (χ0n) is 12.1. The van der Waals surface area contributed by atoms with Crippen LogP contribution in [0.3, 0.4) is 0 Å². The van der Waals surface area contributed by atoms with Crippen molar-refractivity contribution in [1.29, 1.82) is 0 Å². The molecule has 1 amide bonds. The molecule has 1 aromatic rings. The van der Waals surface area contributed by atoms with E-state index in [0.717, 1.165) is 18.8 Å². The first-order valence-electron chi connectivity index (χ1n) is 6.81. The molecule has 0 radical (unpaired) electrons. The molecule has 1 aromatic heterocycles. The lowest BCUT2D eigenvalue weighted by molar-refractivity contribution is -0.121. The molecule has 0 saturated heterocycles. The molecule has 0 fully saturated rings. The Kier molecular flexibility index (Phi) is 8.05. The van der Waals surface area contributed by atoms with Crippen molar-refractivity contribution >= 4 is 17.5 Å². The smallest absolute Gasteiger partial charge is 0.221 e. The molecular formula is C13H23N5O2. The number of aromatic nitrogens is 2. The lowest BCUT2D eigenvalue weighted by atomic mass is 10.4. The number of amides is 1. The Hall–Kier alpha value is -1.89. The highest BCUT2D eigenvalue weighted by Crippen LogP contribution is 2.06. The van der Waals surface area contributed by atoms with Crippen molar-refractivity contribution < 1.29 is 9.53 Å². The van der Waals surface area contributed by atoms with E-state index in [2.05, 4.69) is 32.8 Å². The maximum Gasteiger partial charge on any atom is 0.221 e. The summed E-state index contributed by atoms with van der Waals surface area (Å²) in [5, 5.41) is 9.00. The third-order valence-electron chi connectivity index (χ3n) is 2.48. The molecule has 20 heavy (non-hydrogen) atoms. The van der Waals surface area contributed by atoms with E-state index in [1.165, 1.54) is 0 Å². The number of nitrogens with one attached hydrogen (secondary N) is 3. The maximum absolute atomic E-state index is 11.5. The summed E-state index contributed by atoms with van der Waals surface area (Å²) in [5.74, 6) is 1.39. The number of hydrogen-bond donors (Lipinski definition) is 3. The van der Waals surface area contributed by atoms with Gasteiger partial charge in [0.2, 0.25) is 5.91 Å². The predicted octanol–water partition coefficient (Wildman–Crippen LogP) is 0.863. The van der Waals surface area contributed by atoms with Crippen LogP contribution in [0.4, 0.5) is 11.6 Å². The molecule has 0 unspecified atom stereocenters. The minimum absolute atomic E-state index is 0.0113. The first-order valence-corrected chi connectivity index (χ1v) is 6.81. The second-order valence-corrected chi connectivity index (χ2v) is 4.24. The van der Waals surface area contributed by atoms with E-state index in [9.17, 15) is 4.79 Å². The van der Waals surface area contributed by atoms with Crippen LogP contribution in [0, 0.1) is 0 Å². The Morgan fingerprint density at radius 3 is 2.55 bits per heavy atom. The minimum Gasteiger partial charge on any atom is -0.383 e. The molecule has 1 rings (SSSR count). The van der Waals surface area contributed by atoms with E-state index in [1.807, 2.05) is 0 Å². The Labute approximate surface area is 119 Å². The van der Waals surface area contributed by atoms with Crippen LogP contribution in [0.5, 0.6) is 0 Å². The summed E-state index contributed by atoms with van der Waals surface area (Å²) in [6.45, 7) is 4.52. The summed E-state index contributed by atoms with van der Waals surface area (Å²) in [6, 6.07) is 0. The van der Waals surface area contributed by atoms with Gasteiger partial charge in [-0.05, 0) is 6.42 Å². The second kappa shape index (κ2) is 9.96. The molecule has 0 aliphatic rings. The van der Waals surface area contributed by atoms with E-state index in [0.29, 0.717) is 31.9 Å². The average molecular weight is 281 g/mol. The molecule has 0 saturated carbocycles. The van der Waals surface area contributed by atoms with Crippen LogP contribution in [0.1, 0.15) is 19.8 Å². The predicted molar refractivity (Wildman–Crippen MR) is 78.8 cm³/mol. The number of anilines is 2. The average Bonchev–Trinajstić information content (AvgIpc) is 2.46. The van der Waals surface area contributed by atoms with Crippen molar-refractivity contribution in [2.45, 2.75) is 19.8 Å². The molecule has 3 N–H and O–H groups in total. The highest BCUT2D eigenvalue weighted by atomic mass is 16.5. The molecule has 0 bridgehead atoms. The normalized spacial score (nSPS) is 10.1. The number of methoxy groups -OCH3 is 1. The van der Waals surface area contributed by atoms with Gasteiger partial charge < -0.3 is 20.7 Å². The van der Waals surface area contributed by atoms with Crippen molar-refractivity contribution in [2.75, 3.05) is 44.0 Å². The molecule has 112 valence electrons. The summed E-state index contributed by atoms with van der Waals surface area (Å²) < 4.78 is 4.86. The van der Waals surface area contributed by atoms with Gasteiger partial charge in [-0.15, -0.1) is 0 Å². The Bertz CT molecular complexity index is 400. The number of nitrogens with zero attached hydrogens (tertiary/aromatic N) is 2. The van der Waals surface area contributed by atoms with Gasteiger partial charge in [0, 0.05) is 33.2 Å². The van der Waals surface area contributed by atoms with Crippen LogP contribution in [-0.2, 0) is 9.53 Å². The van der Waals surface area contributed by atoms with Crippen LogP contribution in [-0.4, -0.2) is 49.2 Å². The Balaban J connectivity index is 2.25. The van der Waals surface area contributed by atoms with E-state index in [1.54, 1.807) is 19.5 Å². The van der Waals surface area contributed by atoms with E-state index in [-0.39, 0.29) is 5.91 Å². The fraction of sp³-hybridized carbons (Fsp3) is 0.615. The largest absolute Gasteiger partial charge is 0.383 e. The molecular weight excluding hydrogens is 258 g/mol.